The zero-order valence-corrected chi connectivity index (χ0v) is 8.77. The molecule has 0 heterocycles. The van der Waals surface area contributed by atoms with Crippen LogP contribution in [0.5, 0.6) is 0 Å². The molecule has 0 spiro atoms. The third kappa shape index (κ3) is 1.64. The Morgan fingerprint density at radius 3 is 2.31 bits per heavy atom. The Morgan fingerprint density at radius 1 is 1.23 bits per heavy atom. The summed E-state index contributed by atoms with van der Waals surface area (Å²) in [5.41, 5.74) is 5.69. The molecule has 0 amide bonds. The molecule has 1 aromatic rings. The fourth-order valence-electron chi connectivity index (χ4n) is 1.73. The molecule has 1 rings (SSSR count). The van der Waals surface area contributed by atoms with Crippen LogP contribution in [0.4, 0.5) is 0 Å². The second kappa shape index (κ2) is 3.73. The Hall–Kier alpha value is -1.11. The number of hydrogen-bond acceptors (Lipinski definition) is 1. The minimum atomic E-state index is 0.856. The van der Waals surface area contributed by atoms with Gasteiger partial charge < -0.3 is 0 Å². The molecule has 13 heavy (non-hydrogen) atoms. The van der Waals surface area contributed by atoms with Crippen molar-refractivity contribution in [2.45, 2.75) is 34.1 Å². The summed E-state index contributed by atoms with van der Waals surface area (Å²) >= 11 is 0. The summed E-state index contributed by atoms with van der Waals surface area (Å²) in [6.07, 6.45) is 1.99. The van der Waals surface area contributed by atoms with Gasteiger partial charge >= 0.3 is 0 Å². The predicted molar refractivity (Wildman–Crippen MR) is 55.4 cm³/mol. The van der Waals surface area contributed by atoms with Gasteiger partial charge in [-0.2, -0.15) is 0 Å². The van der Waals surface area contributed by atoms with Gasteiger partial charge in [0.05, 0.1) is 0 Å². The highest BCUT2D eigenvalue weighted by molar-refractivity contribution is 5.80. The summed E-state index contributed by atoms with van der Waals surface area (Å²) < 4.78 is 0. The molecule has 0 saturated carbocycles. The highest BCUT2D eigenvalue weighted by Gasteiger charge is 2.07. The van der Waals surface area contributed by atoms with Gasteiger partial charge in [-0.25, -0.2) is 0 Å². The van der Waals surface area contributed by atoms with Gasteiger partial charge in [0.1, 0.15) is 0 Å². The Labute approximate surface area is 79.8 Å². The maximum atomic E-state index is 10.8. The van der Waals surface area contributed by atoms with Crippen LogP contribution in [0.3, 0.4) is 0 Å². The quantitative estimate of drug-likeness (QED) is 0.633. The number of benzene rings is 1. The highest BCUT2D eigenvalue weighted by Crippen LogP contribution is 2.20. The molecule has 1 heteroatoms. The standard InChI is InChI=1S/C12H16O/c1-5-11-6-8(2)12(7-13)10(4)9(11)3/h6-7H,5H2,1-4H3. The highest BCUT2D eigenvalue weighted by atomic mass is 16.1. The van der Waals surface area contributed by atoms with Crippen LogP contribution in [0.25, 0.3) is 0 Å². The summed E-state index contributed by atoms with van der Waals surface area (Å²) in [7, 11) is 0. The van der Waals surface area contributed by atoms with Crippen molar-refractivity contribution in [1.29, 1.82) is 0 Å². The molecule has 0 fully saturated rings. The van der Waals surface area contributed by atoms with Crippen LogP contribution in [0.2, 0.25) is 0 Å². The van der Waals surface area contributed by atoms with Crippen molar-refractivity contribution in [2.24, 2.45) is 0 Å². The molecule has 0 aromatic heterocycles. The zero-order valence-electron chi connectivity index (χ0n) is 8.77. The van der Waals surface area contributed by atoms with Gasteiger partial charge in [0.15, 0.2) is 6.29 Å². The predicted octanol–water partition coefficient (Wildman–Crippen LogP) is 2.99. The topological polar surface area (TPSA) is 17.1 Å². The Morgan fingerprint density at radius 2 is 1.85 bits per heavy atom. The first kappa shape index (κ1) is 9.97. The second-order valence-corrected chi connectivity index (χ2v) is 3.49. The van der Waals surface area contributed by atoms with Gasteiger partial charge in [-0.15, -0.1) is 0 Å². The summed E-state index contributed by atoms with van der Waals surface area (Å²) in [6, 6.07) is 2.12. The average Bonchev–Trinajstić information content (AvgIpc) is 2.12. The van der Waals surface area contributed by atoms with Gasteiger partial charge in [0.2, 0.25) is 0 Å². The molecule has 0 atom stereocenters. The second-order valence-electron chi connectivity index (χ2n) is 3.49. The van der Waals surface area contributed by atoms with Crippen LogP contribution < -0.4 is 0 Å². The maximum Gasteiger partial charge on any atom is 0.150 e. The lowest BCUT2D eigenvalue weighted by Gasteiger charge is -2.11. The van der Waals surface area contributed by atoms with Crippen molar-refractivity contribution in [1.82, 2.24) is 0 Å². The number of aryl methyl sites for hydroxylation is 2. The molecule has 0 saturated heterocycles. The van der Waals surface area contributed by atoms with E-state index in [1.807, 2.05) is 13.8 Å². The van der Waals surface area contributed by atoms with Gasteiger partial charge in [-0.3, -0.25) is 4.79 Å². The number of carbonyl (C=O) groups excluding carboxylic acids is 1. The molecule has 0 N–H and O–H groups in total. The molecule has 0 aliphatic rings. The van der Waals surface area contributed by atoms with E-state index in [1.54, 1.807) is 0 Å². The van der Waals surface area contributed by atoms with Crippen LogP contribution in [0.1, 0.15) is 39.5 Å². The smallest absolute Gasteiger partial charge is 0.150 e. The van der Waals surface area contributed by atoms with Crippen LogP contribution in [0, 0.1) is 20.8 Å². The SMILES string of the molecule is CCc1cc(C)c(C=O)c(C)c1C. The van der Waals surface area contributed by atoms with Crippen molar-refractivity contribution >= 4 is 6.29 Å². The van der Waals surface area contributed by atoms with Crippen molar-refractivity contribution in [3.63, 3.8) is 0 Å². The van der Waals surface area contributed by atoms with Crippen LogP contribution in [-0.4, -0.2) is 6.29 Å². The number of rotatable bonds is 2. The van der Waals surface area contributed by atoms with Crippen molar-refractivity contribution in [3.8, 4) is 0 Å². The monoisotopic (exact) mass is 176 g/mol. The average molecular weight is 176 g/mol. The molecular weight excluding hydrogens is 160 g/mol. The molecule has 0 radical (unpaired) electrons. The van der Waals surface area contributed by atoms with E-state index in [9.17, 15) is 4.79 Å². The number of hydrogen-bond donors (Lipinski definition) is 0. The summed E-state index contributed by atoms with van der Waals surface area (Å²) in [5.74, 6) is 0. The Balaban J connectivity index is 3.45. The minimum Gasteiger partial charge on any atom is -0.298 e. The van der Waals surface area contributed by atoms with Gasteiger partial charge in [0.25, 0.3) is 0 Å². The minimum absolute atomic E-state index is 0.856. The molecule has 1 aromatic carbocycles. The molecule has 0 unspecified atom stereocenters. The van der Waals surface area contributed by atoms with Crippen LogP contribution in [-0.2, 0) is 6.42 Å². The molecule has 0 bridgehead atoms. The van der Waals surface area contributed by atoms with Crippen LogP contribution in [0.15, 0.2) is 6.07 Å². The summed E-state index contributed by atoms with van der Waals surface area (Å²) in [4.78, 5) is 10.8. The fraction of sp³-hybridized carbons (Fsp3) is 0.417. The van der Waals surface area contributed by atoms with Crippen LogP contribution >= 0.6 is 0 Å². The lowest BCUT2D eigenvalue weighted by Crippen LogP contribution is -1.99. The fourth-order valence-corrected chi connectivity index (χ4v) is 1.73. The summed E-state index contributed by atoms with van der Waals surface area (Å²) in [5, 5.41) is 0. The number of aldehydes is 1. The normalized spacial score (nSPS) is 10.2. The third-order valence-corrected chi connectivity index (χ3v) is 2.76. The molecule has 70 valence electrons. The first-order valence-electron chi connectivity index (χ1n) is 4.66. The molecule has 1 nitrogen and oxygen atoms in total. The third-order valence-electron chi connectivity index (χ3n) is 2.76. The van der Waals surface area contributed by atoms with Gasteiger partial charge in [-0.05, 0) is 49.4 Å². The van der Waals surface area contributed by atoms with E-state index in [0.717, 1.165) is 29.4 Å². The van der Waals surface area contributed by atoms with E-state index in [4.69, 9.17) is 0 Å². The molecule has 0 aliphatic carbocycles. The van der Waals surface area contributed by atoms with E-state index < -0.39 is 0 Å². The van der Waals surface area contributed by atoms with E-state index >= 15 is 0 Å². The van der Waals surface area contributed by atoms with E-state index in [2.05, 4.69) is 19.9 Å². The Bertz CT molecular complexity index is 337. The molecular formula is C12H16O. The largest absolute Gasteiger partial charge is 0.298 e. The van der Waals surface area contributed by atoms with Crippen molar-refractivity contribution in [2.75, 3.05) is 0 Å². The van der Waals surface area contributed by atoms with E-state index in [0.29, 0.717) is 0 Å². The van der Waals surface area contributed by atoms with Gasteiger partial charge in [-0.1, -0.05) is 13.0 Å². The first-order chi connectivity index (χ1) is 6.11. The summed E-state index contributed by atoms with van der Waals surface area (Å²) in [6.45, 7) is 8.24. The lowest BCUT2D eigenvalue weighted by atomic mass is 9.93. The zero-order chi connectivity index (χ0) is 10.0. The van der Waals surface area contributed by atoms with E-state index in [-0.39, 0.29) is 0 Å². The van der Waals surface area contributed by atoms with Gasteiger partial charge in [0, 0.05) is 5.56 Å². The van der Waals surface area contributed by atoms with E-state index in [1.165, 1.54) is 11.1 Å². The number of carbonyl (C=O) groups is 1. The molecule has 0 aliphatic heterocycles. The maximum absolute atomic E-state index is 10.8. The van der Waals surface area contributed by atoms with Crippen molar-refractivity contribution in [3.05, 3.63) is 33.9 Å². The first-order valence-corrected chi connectivity index (χ1v) is 4.66. The Kier molecular flexibility index (Phi) is 2.86. The van der Waals surface area contributed by atoms with Crippen molar-refractivity contribution < 1.29 is 4.79 Å². The lowest BCUT2D eigenvalue weighted by molar-refractivity contribution is 0.112.